The number of nitrogens with zero attached hydrogens (tertiary/aromatic N) is 4. The third-order valence-corrected chi connectivity index (χ3v) is 7.24. The van der Waals surface area contributed by atoms with Crippen molar-refractivity contribution in [3.05, 3.63) is 126 Å². The first-order valence-corrected chi connectivity index (χ1v) is 13.3. The fourth-order valence-electron chi connectivity index (χ4n) is 4.10. The fraction of sp³-hybridized carbons (Fsp3) is 0.0333. The minimum atomic E-state index is -0.194. The van der Waals surface area contributed by atoms with Crippen molar-refractivity contribution in [2.75, 3.05) is 10.8 Å². The van der Waals surface area contributed by atoms with Crippen LogP contribution in [0.5, 0.6) is 0 Å². The van der Waals surface area contributed by atoms with Crippen molar-refractivity contribution >= 4 is 46.7 Å². The second-order valence-electron chi connectivity index (χ2n) is 8.49. The van der Waals surface area contributed by atoms with Gasteiger partial charge in [-0.05, 0) is 66.7 Å². The van der Waals surface area contributed by atoms with Gasteiger partial charge in [-0.2, -0.15) is 15.2 Å². The van der Waals surface area contributed by atoms with E-state index in [2.05, 4.69) is 0 Å². The fourth-order valence-corrected chi connectivity index (χ4v) is 5.07. The number of halogens is 1. The van der Waals surface area contributed by atoms with Crippen LogP contribution < -0.4 is 5.01 Å². The van der Waals surface area contributed by atoms with Crippen molar-refractivity contribution in [2.45, 2.75) is 4.90 Å². The van der Waals surface area contributed by atoms with E-state index in [-0.39, 0.29) is 5.91 Å². The molecule has 5 aromatic rings. The van der Waals surface area contributed by atoms with E-state index in [1.54, 1.807) is 22.7 Å². The molecule has 0 saturated carbocycles. The average Bonchev–Trinajstić information content (AvgIpc) is 3.70. The maximum absolute atomic E-state index is 13.7. The summed E-state index contributed by atoms with van der Waals surface area (Å²) in [5, 5.41) is 11.7. The molecular formula is C30H21ClN4O2S. The Morgan fingerprint density at radius 2 is 1.58 bits per heavy atom. The monoisotopic (exact) mass is 536 g/mol. The maximum atomic E-state index is 13.7. The van der Waals surface area contributed by atoms with Crippen LogP contribution in [-0.4, -0.2) is 27.2 Å². The van der Waals surface area contributed by atoms with Crippen molar-refractivity contribution in [3.63, 3.8) is 0 Å². The van der Waals surface area contributed by atoms with Gasteiger partial charge in [0.05, 0.1) is 28.9 Å². The Morgan fingerprint density at radius 3 is 2.26 bits per heavy atom. The van der Waals surface area contributed by atoms with Crippen LogP contribution in [0.1, 0.15) is 5.56 Å². The number of carbonyl (C=O) groups excluding carboxylic acids is 1. The number of furan rings is 1. The van der Waals surface area contributed by atoms with Gasteiger partial charge in [-0.3, -0.25) is 4.79 Å². The predicted octanol–water partition coefficient (Wildman–Crippen LogP) is 7.36. The van der Waals surface area contributed by atoms with Gasteiger partial charge in [-0.25, -0.2) is 4.68 Å². The Morgan fingerprint density at radius 1 is 0.868 bits per heavy atom. The molecule has 3 heterocycles. The van der Waals surface area contributed by atoms with Crippen LogP contribution in [0.4, 0.5) is 5.69 Å². The third kappa shape index (κ3) is 4.94. The van der Waals surface area contributed by atoms with Gasteiger partial charge in [0, 0.05) is 27.4 Å². The SMILES string of the molecule is O=C1/C(=C/c2cn(-c3ccccc3)nc2-c2ccco2)C(CSc2ccc(Cl)cc2)=NN1c1ccccc1. The standard InChI is InChI=1S/C30H21ClN4O2S/c31-22-13-15-25(16-14-22)38-20-27-26(30(36)35(32-27)24-10-5-2-6-11-24)18-21-19-34(23-8-3-1-4-9-23)33-29(21)28-12-7-17-37-28/h1-19H,20H2/b26-18+. The minimum absolute atomic E-state index is 0.194. The Labute approximate surface area is 228 Å². The van der Waals surface area contributed by atoms with Crippen LogP contribution in [0.15, 0.2) is 130 Å². The highest BCUT2D eigenvalue weighted by molar-refractivity contribution is 8.00. The van der Waals surface area contributed by atoms with E-state index in [1.165, 1.54) is 5.01 Å². The van der Waals surface area contributed by atoms with E-state index in [0.29, 0.717) is 39.2 Å². The zero-order valence-electron chi connectivity index (χ0n) is 20.1. The van der Waals surface area contributed by atoms with Gasteiger partial charge in [0.2, 0.25) is 0 Å². The van der Waals surface area contributed by atoms with E-state index in [9.17, 15) is 4.79 Å². The molecule has 0 aliphatic carbocycles. The lowest BCUT2D eigenvalue weighted by Gasteiger charge is -2.10. The number of carbonyl (C=O) groups is 1. The highest BCUT2D eigenvalue weighted by Crippen LogP contribution is 2.31. The molecule has 2 aromatic heterocycles. The first-order chi connectivity index (χ1) is 18.7. The van der Waals surface area contributed by atoms with Crippen LogP contribution in [0.3, 0.4) is 0 Å². The average molecular weight is 537 g/mol. The summed E-state index contributed by atoms with van der Waals surface area (Å²) in [4.78, 5) is 14.8. The zero-order valence-corrected chi connectivity index (χ0v) is 21.6. The van der Waals surface area contributed by atoms with Crippen molar-refractivity contribution in [1.82, 2.24) is 9.78 Å². The van der Waals surface area contributed by atoms with Gasteiger partial charge in [0.15, 0.2) is 5.76 Å². The molecule has 38 heavy (non-hydrogen) atoms. The zero-order chi connectivity index (χ0) is 25.9. The largest absolute Gasteiger partial charge is 0.463 e. The topological polar surface area (TPSA) is 63.6 Å². The Balaban J connectivity index is 1.41. The van der Waals surface area contributed by atoms with Gasteiger partial charge in [-0.15, -0.1) is 11.8 Å². The number of benzene rings is 3. The van der Waals surface area contributed by atoms with E-state index in [1.807, 2.05) is 109 Å². The Kier molecular flexibility index (Phi) is 6.69. The maximum Gasteiger partial charge on any atom is 0.280 e. The summed E-state index contributed by atoms with van der Waals surface area (Å²) < 4.78 is 7.48. The summed E-state index contributed by atoms with van der Waals surface area (Å²) >= 11 is 7.65. The second kappa shape index (κ2) is 10.6. The number of para-hydroxylation sites is 2. The molecule has 0 radical (unpaired) electrons. The van der Waals surface area contributed by atoms with Crippen molar-refractivity contribution < 1.29 is 9.21 Å². The molecule has 0 atom stereocenters. The Hall–Kier alpha value is -4.33. The third-order valence-electron chi connectivity index (χ3n) is 5.96. The van der Waals surface area contributed by atoms with Crippen LogP contribution in [0.2, 0.25) is 5.02 Å². The van der Waals surface area contributed by atoms with E-state index < -0.39 is 0 Å². The number of aromatic nitrogens is 2. The quantitative estimate of drug-likeness (QED) is 0.161. The molecule has 186 valence electrons. The summed E-state index contributed by atoms with van der Waals surface area (Å²) in [5.41, 5.74) is 4.20. The van der Waals surface area contributed by atoms with Crippen molar-refractivity contribution in [1.29, 1.82) is 0 Å². The first kappa shape index (κ1) is 24.0. The number of thioether (sulfide) groups is 1. The molecule has 1 aliphatic heterocycles. The number of amides is 1. The van der Waals surface area contributed by atoms with Gasteiger partial charge >= 0.3 is 0 Å². The summed E-state index contributed by atoms with van der Waals surface area (Å²) in [6.45, 7) is 0. The van der Waals surface area contributed by atoms with Gasteiger partial charge in [-0.1, -0.05) is 48.0 Å². The number of hydrazone groups is 1. The second-order valence-corrected chi connectivity index (χ2v) is 9.98. The van der Waals surface area contributed by atoms with Crippen LogP contribution in [0.25, 0.3) is 23.2 Å². The molecule has 0 saturated heterocycles. The molecule has 3 aromatic carbocycles. The van der Waals surface area contributed by atoms with Crippen LogP contribution >= 0.6 is 23.4 Å². The number of hydrogen-bond acceptors (Lipinski definition) is 5. The summed E-state index contributed by atoms with van der Waals surface area (Å²) in [7, 11) is 0. The summed E-state index contributed by atoms with van der Waals surface area (Å²) in [5.74, 6) is 0.928. The van der Waals surface area contributed by atoms with E-state index in [0.717, 1.165) is 16.1 Å². The first-order valence-electron chi connectivity index (χ1n) is 11.9. The van der Waals surface area contributed by atoms with Gasteiger partial charge in [0.25, 0.3) is 5.91 Å². The smallest absolute Gasteiger partial charge is 0.280 e. The number of rotatable bonds is 7. The van der Waals surface area contributed by atoms with Gasteiger partial charge in [0.1, 0.15) is 5.69 Å². The molecule has 0 spiro atoms. The van der Waals surface area contributed by atoms with Crippen molar-refractivity contribution in [2.24, 2.45) is 5.10 Å². The minimum Gasteiger partial charge on any atom is -0.463 e. The number of anilines is 1. The molecule has 0 fully saturated rings. The molecule has 1 amide bonds. The van der Waals surface area contributed by atoms with Crippen molar-refractivity contribution in [3.8, 4) is 17.1 Å². The molecular weight excluding hydrogens is 516 g/mol. The molecule has 1 aliphatic rings. The molecule has 6 rings (SSSR count). The molecule has 0 bridgehead atoms. The summed E-state index contributed by atoms with van der Waals surface area (Å²) in [6.07, 6.45) is 5.38. The molecule has 6 nitrogen and oxygen atoms in total. The lowest BCUT2D eigenvalue weighted by atomic mass is 10.1. The highest BCUT2D eigenvalue weighted by Gasteiger charge is 2.31. The van der Waals surface area contributed by atoms with Crippen LogP contribution in [0, 0.1) is 0 Å². The molecule has 0 N–H and O–H groups in total. The van der Waals surface area contributed by atoms with E-state index in [4.69, 9.17) is 26.2 Å². The van der Waals surface area contributed by atoms with Gasteiger partial charge < -0.3 is 4.42 Å². The highest BCUT2D eigenvalue weighted by atomic mass is 35.5. The normalized spacial score (nSPS) is 14.3. The van der Waals surface area contributed by atoms with Crippen LogP contribution in [-0.2, 0) is 4.79 Å². The lowest BCUT2D eigenvalue weighted by molar-refractivity contribution is -0.114. The molecule has 8 heteroatoms. The number of hydrogen-bond donors (Lipinski definition) is 0. The predicted molar refractivity (Wildman–Crippen MR) is 153 cm³/mol. The van der Waals surface area contributed by atoms with E-state index >= 15 is 0 Å². The lowest BCUT2D eigenvalue weighted by Crippen LogP contribution is -2.21. The Bertz CT molecular complexity index is 1630. The molecule has 0 unspecified atom stereocenters. The summed E-state index contributed by atoms with van der Waals surface area (Å²) in [6, 6.07) is 30.6.